The molecule has 0 saturated carbocycles. The van der Waals surface area contributed by atoms with E-state index in [0.717, 1.165) is 19.9 Å². The quantitative estimate of drug-likeness (QED) is 0.156. The number of hydrogen-bond acceptors (Lipinski definition) is 6. The van der Waals surface area contributed by atoms with Crippen molar-refractivity contribution in [3.05, 3.63) is 90.5 Å². The molecular weight excluding hydrogens is 658 g/mol. The van der Waals surface area contributed by atoms with Crippen LogP contribution in [-0.2, 0) is 6.61 Å². The molecule has 0 aliphatic heterocycles. The third-order valence-corrected chi connectivity index (χ3v) is 6.62. The zero-order valence-corrected chi connectivity index (χ0v) is 23.6. The van der Waals surface area contributed by atoms with Gasteiger partial charge in [0.1, 0.15) is 12.2 Å². The molecule has 1 aromatic heterocycles. The van der Waals surface area contributed by atoms with Crippen molar-refractivity contribution in [2.75, 3.05) is 6.61 Å². The van der Waals surface area contributed by atoms with E-state index in [9.17, 15) is 10.1 Å². The third-order valence-electron chi connectivity index (χ3n) is 4.98. The van der Waals surface area contributed by atoms with Gasteiger partial charge in [0.15, 0.2) is 17.3 Å². The van der Waals surface area contributed by atoms with Crippen LogP contribution >= 0.6 is 47.8 Å². The van der Waals surface area contributed by atoms with Crippen LogP contribution < -0.4 is 14.9 Å². The maximum Gasteiger partial charge on any atom is 0.307 e. The van der Waals surface area contributed by atoms with Crippen LogP contribution in [0.3, 0.4) is 0 Å². The number of carbonyl (C=O) groups excluding carboxylic acids is 1. The molecular formula is C26H18Br3N3O4. The van der Waals surface area contributed by atoms with E-state index in [-0.39, 0.29) is 12.4 Å². The second kappa shape index (κ2) is 11.7. The predicted molar refractivity (Wildman–Crippen MR) is 147 cm³/mol. The van der Waals surface area contributed by atoms with Gasteiger partial charge in [0.2, 0.25) is 0 Å². The number of nitrogens with one attached hydrogen (secondary N) is 1. The number of rotatable bonds is 8. The summed E-state index contributed by atoms with van der Waals surface area (Å²) in [6.45, 7) is 2.50. The van der Waals surface area contributed by atoms with Crippen LogP contribution in [0.25, 0.3) is 11.0 Å². The molecule has 0 unspecified atom stereocenters. The highest BCUT2D eigenvalue weighted by Gasteiger charge is 2.15. The first kappa shape index (κ1) is 25.9. The molecule has 0 aliphatic carbocycles. The molecule has 0 atom stereocenters. The predicted octanol–water partition coefficient (Wildman–Crippen LogP) is 7.33. The summed E-state index contributed by atoms with van der Waals surface area (Å²) in [6, 6.07) is 18.3. The lowest BCUT2D eigenvalue weighted by Crippen LogP contribution is -2.16. The number of amides is 1. The van der Waals surface area contributed by atoms with Crippen LogP contribution in [-0.4, -0.2) is 18.7 Å². The number of nitrogens with zero attached hydrogens (tertiary/aromatic N) is 2. The van der Waals surface area contributed by atoms with Crippen LogP contribution in [0.5, 0.6) is 11.5 Å². The molecule has 0 saturated heterocycles. The Balaban J connectivity index is 1.49. The lowest BCUT2D eigenvalue weighted by molar-refractivity contribution is 0.0929. The second-order valence-corrected chi connectivity index (χ2v) is 10.1. The minimum Gasteiger partial charge on any atom is -0.490 e. The Labute approximate surface area is 232 Å². The van der Waals surface area contributed by atoms with Crippen molar-refractivity contribution in [1.29, 1.82) is 5.26 Å². The Hall–Kier alpha value is -3.13. The fourth-order valence-corrected chi connectivity index (χ4v) is 5.29. The van der Waals surface area contributed by atoms with Crippen molar-refractivity contribution >= 4 is 70.9 Å². The van der Waals surface area contributed by atoms with E-state index in [2.05, 4.69) is 64.4 Å². The van der Waals surface area contributed by atoms with E-state index in [1.54, 1.807) is 24.3 Å². The summed E-state index contributed by atoms with van der Waals surface area (Å²) < 4.78 is 19.7. The number of hydrazone groups is 1. The largest absolute Gasteiger partial charge is 0.490 e. The number of benzene rings is 3. The van der Waals surface area contributed by atoms with E-state index in [1.807, 2.05) is 37.3 Å². The number of hydrogen-bond donors (Lipinski definition) is 1. The van der Waals surface area contributed by atoms with Gasteiger partial charge in [0.05, 0.1) is 33.4 Å². The molecule has 1 amide bonds. The molecule has 1 heterocycles. The van der Waals surface area contributed by atoms with Crippen LogP contribution in [0.15, 0.2) is 77.5 Å². The minimum atomic E-state index is -0.481. The van der Waals surface area contributed by atoms with E-state index >= 15 is 0 Å². The first-order valence-electron chi connectivity index (χ1n) is 10.7. The van der Waals surface area contributed by atoms with Crippen molar-refractivity contribution in [1.82, 2.24) is 5.43 Å². The summed E-state index contributed by atoms with van der Waals surface area (Å²) in [7, 11) is 0. The molecule has 10 heteroatoms. The van der Waals surface area contributed by atoms with Crippen molar-refractivity contribution in [2.45, 2.75) is 13.5 Å². The Morgan fingerprint density at radius 2 is 1.92 bits per heavy atom. The lowest BCUT2D eigenvalue weighted by Gasteiger charge is -2.15. The maximum absolute atomic E-state index is 12.5. The van der Waals surface area contributed by atoms with Gasteiger partial charge in [-0.25, -0.2) is 5.43 Å². The van der Waals surface area contributed by atoms with Crippen molar-refractivity contribution in [2.24, 2.45) is 5.10 Å². The summed E-state index contributed by atoms with van der Waals surface area (Å²) in [5.41, 5.74) is 5.05. The Kier molecular flexibility index (Phi) is 8.46. The minimum absolute atomic E-state index is 0.138. The van der Waals surface area contributed by atoms with E-state index in [4.69, 9.17) is 13.9 Å². The van der Waals surface area contributed by atoms with Crippen molar-refractivity contribution in [3.8, 4) is 17.6 Å². The number of halogens is 3. The lowest BCUT2D eigenvalue weighted by atomic mass is 10.1. The highest BCUT2D eigenvalue weighted by Crippen LogP contribution is 2.37. The van der Waals surface area contributed by atoms with Gasteiger partial charge in [0.25, 0.3) is 0 Å². The number of ether oxygens (including phenoxy) is 2. The van der Waals surface area contributed by atoms with Crippen LogP contribution in [0, 0.1) is 11.3 Å². The zero-order chi connectivity index (χ0) is 25.7. The Morgan fingerprint density at radius 3 is 2.69 bits per heavy atom. The topological polar surface area (TPSA) is 96.8 Å². The monoisotopic (exact) mass is 673 g/mol. The van der Waals surface area contributed by atoms with Gasteiger partial charge < -0.3 is 13.9 Å². The molecule has 0 radical (unpaired) electrons. The summed E-state index contributed by atoms with van der Waals surface area (Å²) >= 11 is 10.4. The molecule has 1 N–H and O–H groups in total. The molecule has 7 nitrogen and oxygen atoms in total. The van der Waals surface area contributed by atoms with Crippen molar-refractivity contribution < 1.29 is 18.7 Å². The van der Waals surface area contributed by atoms with Crippen molar-refractivity contribution in [3.63, 3.8) is 0 Å². The number of nitriles is 1. The fourth-order valence-electron chi connectivity index (χ4n) is 3.38. The smallest absolute Gasteiger partial charge is 0.307 e. The number of fused-ring (bicyclic) bond motifs is 1. The Morgan fingerprint density at radius 1 is 1.11 bits per heavy atom. The zero-order valence-electron chi connectivity index (χ0n) is 18.8. The molecule has 3 aromatic carbocycles. The van der Waals surface area contributed by atoms with Crippen LogP contribution in [0.2, 0.25) is 0 Å². The fraction of sp³-hybridized carbons (Fsp3) is 0.115. The van der Waals surface area contributed by atoms with E-state index in [1.165, 1.54) is 6.21 Å². The first-order chi connectivity index (χ1) is 17.4. The third kappa shape index (κ3) is 5.98. The highest BCUT2D eigenvalue weighted by molar-refractivity contribution is 9.11. The van der Waals surface area contributed by atoms with Crippen LogP contribution in [0.1, 0.15) is 34.2 Å². The summed E-state index contributed by atoms with van der Waals surface area (Å²) in [4.78, 5) is 12.5. The van der Waals surface area contributed by atoms with E-state index < -0.39 is 5.91 Å². The van der Waals surface area contributed by atoms with Gasteiger partial charge >= 0.3 is 5.91 Å². The first-order valence-corrected chi connectivity index (χ1v) is 13.1. The van der Waals surface area contributed by atoms with Gasteiger partial charge in [-0.2, -0.15) is 10.4 Å². The Bertz CT molecular complexity index is 1510. The van der Waals surface area contributed by atoms with Crippen LogP contribution in [0.4, 0.5) is 0 Å². The molecule has 0 spiro atoms. The summed E-state index contributed by atoms with van der Waals surface area (Å²) in [5, 5.41) is 14.1. The SMILES string of the molecule is CCOc1cc(/C=N\NC(=O)c2cc3cc(Br)cc(Br)c3o2)cc(Br)c1OCc1ccccc1C#N. The molecule has 0 aliphatic rings. The van der Waals surface area contributed by atoms with Gasteiger partial charge in [0, 0.05) is 15.4 Å². The summed E-state index contributed by atoms with van der Waals surface area (Å²) in [6.07, 6.45) is 1.50. The van der Waals surface area contributed by atoms with Gasteiger partial charge in [-0.3, -0.25) is 4.79 Å². The van der Waals surface area contributed by atoms with Gasteiger partial charge in [-0.15, -0.1) is 0 Å². The molecule has 4 aromatic rings. The summed E-state index contributed by atoms with van der Waals surface area (Å²) in [5.74, 6) is 0.663. The average molecular weight is 676 g/mol. The van der Waals surface area contributed by atoms with E-state index in [0.29, 0.717) is 39.3 Å². The maximum atomic E-state index is 12.5. The second-order valence-electron chi connectivity index (χ2n) is 7.44. The average Bonchev–Trinajstić information content (AvgIpc) is 3.28. The van der Waals surface area contributed by atoms with Gasteiger partial charge in [-0.1, -0.05) is 34.1 Å². The normalized spacial score (nSPS) is 11.0. The standard InChI is InChI=1S/C26H18Br3N3O4/c1-2-34-22-8-15(7-20(28)25(22)35-14-17-6-4-3-5-16(17)12-30)13-31-32-26(33)23-10-18-9-19(27)11-21(29)24(18)36-23/h3-11,13H,2,14H2,1H3,(H,32,33)/b31-13-. The van der Waals surface area contributed by atoms with Gasteiger partial charge in [-0.05, 0) is 80.7 Å². The highest BCUT2D eigenvalue weighted by atomic mass is 79.9. The molecule has 0 bridgehead atoms. The molecule has 36 heavy (non-hydrogen) atoms. The number of furan rings is 1. The molecule has 0 fully saturated rings. The number of carbonyl (C=O) groups is 1. The molecule has 4 rings (SSSR count). The molecule has 182 valence electrons.